The monoisotopic (exact) mass is 283 g/mol. The molecule has 3 rings (SSSR count). The van der Waals surface area contributed by atoms with Crippen LogP contribution in [-0.2, 0) is 0 Å². The number of hydrogen-bond acceptors (Lipinski definition) is 1. The van der Waals surface area contributed by atoms with Crippen molar-refractivity contribution in [3.63, 3.8) is 0 Å². The van der Waals surface area contributed by atoms with Crippen LogP contribution in [0.15, 0.2) is 22.7 Å². The molecule has 1 saturated carbocycles. The first kappa shape index (κ1) is 10.3. The number of carbonyl (C=O) groups excluding carboxylic acids is 1. The van der Waals surface area contributed by atoms with E-state index in [0.29, 0.717) is 11.8 Å². The number of benzene rings is 1. The van der Waals surface area contributed by atoms with Crippen LogP contribution in [0.5, 0.6) is 0 Å². The van der Waals surface area contributed by atoms with Gasteiger partial charge in [0.05, 0.1) is 5.56 Å². The molecule has 1 aliphatic carbocycles. The fraction of sp³-hybridized carbons (Fsp3) is 0.417. The zero-order chi connectivity index (χ0) is 11.3. The summed E-state index contributed by atoms with van der Waals surface area (Å²) in [5.74, 6) is 0.748. The largest absolute Gasteiger partial charge is 0.338 e. The van der Waals surface area contributed by atoms with Gasteiger partial charge in [0.1, 0.15) is 5.82 Å². The molecular weight excluding hydrogens is 273 g/mol. The van der Waals surface area contributed by atoms with Gasteiger partial charge in [0.25, 0.3) is 5.91 Å². The smallest absolute Gasteiger partial charge is 0.256 e. The third kappa shape index (κ3) is 1.65. The molecule has 0 bridgehead atoms. The summed E-state index contributed by atoms with van der Waals surface area (Å²) in [7, 11) is 0. The molecule has 4 heteroatoms. The Labute approximate surface area is 102 Å². The van der Waals surface area contributed by atoms with Gasteiger partial charge in [0.2, 0.25) is 0 Å². The molecule has 2 atom stereocenters. The Balaban J connectivity index is 1.85. The van der Waals surface area contributed by atoms with Gasteiger partial charge in [-0.2, -0.15) is 0 Å². The number of amides is 1. The summed E-state index contributed by atoms with van der Waals surface area (Å²) < 4.78 is 14.3. The number of halogens is 2. The molecule has 2 fully saturated rings. The van der Waals surface area contributed by atoms with Crippen molar-refractivity contribution in [1.82, 2.24) is 4.90 Å². The molecule has 1 heterocycles. The number of carbonyl (C=O) groups is 1. The molecule has 0 aromatic heterocycles. The number of hydrogen-bond donors (Lipinski definition) is 0. The van der Waals surface area contributed by atoms with Gasteiger partial charge in [-0.05, 0) is 36.5 Å². The average Bonchev–Trinajstić information content (AvgIpc) is 2.88. The van der Waals surface area contributed by atoms with Gasteiger partial charge < -0.3 is 4.90 Å². The van der Waals surface area contributed by atoms with Crippen LogP contribution >= 0.6 is 15.9 Å². The summed E-state index contributed by atoms with van der Waals surface area (Å²) in [5.41, 5.74) is 0.177. The van der Waals surface area contributed by atoms with Crippen LogP contribution in [0.1, 0.15) is 16.8 Å². The Bertz CT molecular complexity index is 452. The molecule has 1 aliphatic heterocycles. The number of rotatable bonds is 1. The maximum atomic E-state index is 13.5. The van der Waals surface area contributed by atoms with E-state index in [-0.39, 0.29) is 11.5 Å². The summed E-state index contributed by atoms with van der Waals surface area (Å²) >= 11 is 3.26. The first-order valence-corrected chi connectivity index (χ1v) is 6.19. The number of fused-ring (bicyclic) bond motifs is 1. The van der Waals surface area contributed by atoms with Crippen molar-refractivity contribution in [2.75, 3.05) is 13.1 Å². The molecule has 0 radical (unpaired) electrons. The summed E-state index contributed by atoms with van der Waals surface area (Å²) in [6, 6.07) is 4.49. The Kier molecular flexibility index (Phi) is 2.28. The summed E-state index contributed by atoms with van der Waals surface area (Å²) in [5, 5.41) is 0. The van der Waals surface area contributed by atoms with E-state index in [1.807, 2.05) is 0 Å². The van der Waals surface area contributed by atoms with E-state index in [9.17, 15) is 9.18 Å². The number of piperidine rings is 1. The molecule has 1 aromatic rings. The van der Waals surface area contributed by atoms with Crippen molar-refractivity contribution in [3.05, 3.63) is 34.1 Å². The van der Waals surface area contributed by atoms with Crippen LogP contribution in [0.4, 0.5) is 4.39 Å². The molecule has 0 spiro atoms. The van der Waals surface area contributed by atoms with E-state index in [4.69, 9.17) is 0 Å². The van der Waals surface area contributed by atoms with Gasteiger partial charge >= 0.3 is 0 Å². The maximum absolute atomic E-state index is 13.5. The minimum Gasteiger partial charge on any atom is -0.338 e. The highest BCUT2D eigenvalue weighted by molar-refractivity contribution is 9.10. The first-order valence-electron chi connectivity index (χ1n) is 5.39. The molecule has 1 saturated heterocycles. The van der Waals surface area contributed by atoms with Gasteiger partial charge in [0, 0.05) is 17.6 Å². The Morgan fingerprint density at radius 2 is 2.06 bits per heavy atom. The van der Waals surface area contributed by atoms with E-state index >= 15 is 0 Å². The average molecular weight is 284 g/mol. The molecule has 2 nitrogen and oxygen atoms in total. The molecule has 2 aliphatic rings. The predicted octanol–water partition coefficient (Wildman–Crippen LogP) is 2.68. The Morgan fingerprint density at radius 1 is 1.38 bits per heavy atom. The molecule has 1 aromatic carbocycles. The van der Waals surface area contributed by atoms with Crippen molar-refractivity contribution in [2.24, 2.45) is 11.8 Å². The lowest BCUT2D eigenvalue weighted by Gasteiger charge is -2.18. The normalized spacial score (nSPS) is 26.8. The summed E-state index contributed by atoms with van der Waals surface area (Å²) in [6.07, 6.45) is 1.24. The van der Waals surface area contributed by atoms with Crippen molar-refractivity contribution >= 4 is 21.8 Å². The second kappa shape index (κ2) is 3.55. The van der Waals surface area contributed by atoms with Crippen LogP contribution in [-0.4, -0.2) is 23.9 Å². The van der Waals surface area contributed by atoms with E-state index in [1.54, 1.807) is 17.0 Å². The van der Waals surface area contributed by atoms with Crippen LogP contribution < -0.4 is 0 Å². The third-order valence-corrected chi connectivity index (χ3v) is 3.92. The van der Waals surface area contributed by atoms with Crippen molar-refractivity contribution < 1.29 is 9.18 Å². The predicted molar refractivity (Wildman–Crippen MR) is 61.6 cm³/mol. The van der Waals surface area contributed by atoms with Crippen molar-refractivity contribution in [3.8, 4) is 0 Å². The Morgan fingerprint density at radius 3 is 2.75 bits per heavy atom. The van der Waals surface area contributed by atoms with Gasteiger partial charge in [-0.1, -0.05) is 15.9 Å². The lowest BCUT2D eigenvalue weighted by atomic mass is 10.2. The topological polar surface area (TPSA) is 20.3 Å². The Hall–Kier alpha value is -0.900. The zero-order valence-corrected chi connectivity index (χ0v) is 10.2. The lowest BCUT2D eigenvalue weighted by Crippen LogP contribution is -2.30. The fourth-order valence-corrected chi connectivity index (χ4v) is 2.76. The van der Waals surface area contributed by atoms with E-state index in [1.165, 1.54) is 12.5 Å². The van der Waals surface area contributed by atoms with E-state index in [2.05, 4.69) is 15.9 Å². The van der Waals surface area contributed by atoms with E-state index in [0.717, 1.165) is 17.6 Å². The minimum atomic E-state index is -0.436. The van der Waals surface area contributed by atoms with Crippen LogP contribution in [0.2, 0.25) is 0 Å². The third-order valence-electron chi connectivity index (χ3n) is 3.42. The minimum absolute atomic E-state index is 0.175. The second-order valence-corrected chi connectivity index (χ2v) is 5.51. The van der Waals surface area contributed by atoms with Gasteiger partial charge in [0.15, 0.2) is 0 Å². The van der Waals surface area contributed by atoms with Crippen LogP contribution in [0.3, 0.4) is 0 Å². The van der Waals surface area contributed by atoms with Crippen molar-refractivity contribution in [2.45, 2.75) is 6.42 Å². The van der Waals surface area contributed by atoms with E-state index < -0.39 is 5.82 Å². The highest BCUT2D eigenvalue weighted by Crippen LogP contribution is 2.45. The quantitative estimate of drug-likeness (QED) is 0.776. The molecule has 1 amide bonds. The standard InChI is InChI=1S/C12H11BrFNO/c13-9-1-2-11(14)10(4-9)12(16)15-5-7-3-8(7)6-15/h1-2,4,7-8H,3,5-6H2. The molecule has 0 N–H and O–H groups in total. The SMILES string of the molecule is O=C(c1cc(Br)ccc1F)N1CC2CC2C1. The zero-order valence-electron chi connectivity index (χ0n) is 8.62. The molecular formula is C12H11BrFNO. The second-order valence-electron chi connectivity index (χ2n) is 4.59. The highest BCUT2D eigenvalue weighted by atomic mass is 79.9. The summed E-state index contributed by atoms with van der Waals surface area (Å²) in [4.78, 5) is 13.8. The number of likely N-dealkylation sites (tertiary alicyclic amines) is 1. The lowest BCUT2D eigenvalue weighted by molar-refractivity contribution is 0.0771. The van der Waals surface area contributed by atoms with Crippen LogP contribution in [0.25, 0.3) is 0 Å². The highest BCUT2D eigenvalue weighted by Gasteiger charge is 2.46. The van der Waals surface area contributed by atoms with Crippen molar-refractivity contribution in [1.29, 1.82) is 0 Å². The number of nitrogens with zero attached hydrogens (tertiary/aromatic N) is 1. The molecule has 2 unspecified atom stereocenters. The maximum Gasteiger partial charge on any atom is 0.256 e. The van der Waals surface area contributed by atoms with Crippen LogP contribution in [0, 0.1) is 17.7 Å². The molecule has 16 heavy (non-hydrogen) atoms. The van der Waals surface area contributed by atoms with Gasteiger partial charge in [-0.3, -0.25) is 4.79 Å². The van der Waals surface area contributed by atoms with Gasteiger partial charge in [-0.15, -0.1) is 0 Å². The van der Waals surface area contributed by atoms with Gasteiger partial charge in [-0.25, -0.2) is 4.39 Å². The fourth-order valence-electron chi connectivity index (χ4n) is 2.40. The summed E-state index contributed by atoms with van der Waals surface area (Å²) in [6.45, 7) is 1.60. The first-order chi connectivity index (χ1) is 7.65. The molecule has 84 valence electrons.